The molecule has 4 heteroatoms. The third-order valence-corrected chi connectivity index (χ3v) is 4.51. The summed E-state index contributed by atoms with van der Waals surface area (Å²) < 4.78 is 25.0. The van der Waals surface area contributed by atoms with Crippen LogP contribution in [0.1, 0.15) is 12.5 Å². The summed E-state index contributed by atoms with van der Waals surface area (Å²) in [6.45, 7) is 1.63. The zero-order valence-corrected chi connectivity index (χ0v) is 11.4. The van der Waals surface area contributed by atoms with Crippen molar-refractivity contribution in [3.63, 3.8) is 0 Å². The van der Waals surface area contributed by atoms with Crippen LogP contribution in [-0.2, 0) is 16.4 Å². The van der Waals surface area contributed by atoms with Crippen molar-refractivity contribution in [1.29, 1.82) is 0 Å². The van der Waals surface area contributed by atoms with E-state index in [0.29, 0.717) is 10.5 Å². The standard InChI is InChI=1S/C15H15FO2S/c1-15(17,12-5-3-2-4-6-12)11-19(18)14-9-7-13(16)8-10-14/h2-10,17H,11H2,1H3. The molecule has 2 rings (SSSR count). The van der Waals surface area contributed by atoms with Gasteiger partial charge in [-0.25, -0.2) is 4.39 Å². The van der Waals surface area contributed by atoms with Gasteiger partial charge in [-0.15, -0.1) is 0 Å². The summed E-state index contributed by atoms with van der Waals surface area (Å²) in [5.41, 5.74) is -0.467. The molecule has 100 valence electrons. The maximum absolute atomic E-state index is 12.8. The molecule has 0 saturated carbocycles. The topological polar surface area (TPSA) is 37.3 Å². The number of halogens is 1. The Morgan fingerprint density at radius 3 is 2.26 bits per heavy atom. The minimum atomic E-state index is -1.38. The van der Waals surface area contributed by atoms with Gasteiger partial charge in [0.1, 0.15) is 5.82 Å². The molecule has 2 atom stereocenters. The fourth-order valence-electron chi connectivity index (χ4n) is 1.81. The zero-order chi connectivity index (χ0) is 13.9. The van der Waals surface area contributed by atoms with Crippen LogP contribution in [0, 0.1) is 5.82 Å². The van der Waals surface area contributed by atoms with Gasteiger partial charge in [0, 0.05) is 4.90 Å². The third kappa shape index (κ3) is 3.49. The van der Waals surface area contributed by atoms with E-state index in [9.17, 15) is 13.7 Å². The lowest BCUT2D eigenvalue weighted by atomic mass is 9.99. The smallest absolute Gasteiger partial charge is 0.123 e. The Hall–Kier alpha value is -1.52. The Bertz CT molecular complexity index is 564. The SMILES string of the molecule is CC(O)(CS(=O)c1ccc(F)cc1)c1ccccc1. The Labute approximate surface area is 114 Å². The van der Waals surface area contributed by atoms with E-state index in [1.54, 1.807) is 19.1 Å². The van der Waals surface area contributed by atoms with E-state index < -0.39 is 16.4 Å². The Morgan fingerprint density at radius 2 is 1.68 bits per heavy atom. The predicted molar refractivity (Wildman–Crippen MR) is 73.7 cm³/mol. The van der Waals surface area contributed by atoms with E-state index in [1.807, 2.05) is 18.2 Å². The summed E-state index contributed by atoms with van der Waals surface area (Å²) in [6.07, 6.45) is 0. The van der Waals surface area contributed by atoms with Crippen LogP contribution in [0.5, 0.6) is 0 Å². The molecule has 0 spiro atoms. The number of benzene rings is 2. The summed E-state index contributed by atoms with van der Waals surface area (Å²) in [6, 6.07) is 14.6. The van der Waals surface area contributed by atoms with Crippen LogP contribution < -0.4 is 0 Å². The lowest BCUT2D eigenvalue weighted by Crippen LogP contribution is -2.28. The molecule has 0 radical (unpaired) electrons. The van der Waals surface area contributed by atoms with Crippen molar-refractivity contribution in [2.75, 3.05) is 5.75 Å². The van der Waals surface area contributed by atoms with Crippen LogP contribution in [0.25, 0.3) is 0 Å². The van der Waals surface area contributed by atoms with Gasteiger partial charge >= 0.3 is 0 Å². The second-order valence-electron chi connectivity index (χ2n) is 4.58. The minimum absolute atomic E-state index is 0.0721. The molecule has 2 unspecified atom stereocenters. The normalized spacial score (nSPS) is 15.7. The molecule has 0 bridgehead atoms. The first-order valence-electron chi connectivity index (χ1n) is 5.91. The molecule has 2 nitrogen and oxygen atoms in total. The summed E-state index contributed by atoms with van der Waals surface area (Å²) in [4.78, 5) is 0.512. The van der Waals surface area contributed by atoms with Crippen LogP contribution >= 0.6 is 0 Å². The van der Waals surface area contributed by atoms with Gasteiger partial charge in [0.25, 0.3) is 0 Å². The Balaban J connectivity index is 2.16. The maximum Gasteiger partial charge on any atom is 0.123 e. The van der Waals surface area contributed by atoms with Gasteiger partial charge < -0.3 is 5.11 Å². The first-order valence-corrected chi connectivity index (χ1v) is 7.23. The van der Waals surface area contributed by atoms with Crippen LogP contribution in [0.4, 0.5) is 4.39 Å². The van der Waals surface area contributed by atoms with Gasteiger partial charge in [-0.2, -0.15) is 0 Å². The van der Waals surface area contributed by atoms with Crippen LogP contribution in [0.2, 0.25) is 0 Å². The Morgan fingerprint density at radius 1 is 1.11 bits per heavy atom. The first-order chi connectivity index (χ1) is 8.99. The molecule has 0 aliphatic heterocycles. The maximum atomic E-state index is 12.8. The van der Waals surface area contributed by atoms with Gasteiger partial charge in [0.05, 0.1) is 22.2 Å². The predicted octanol–water partition coefficient (Wildman–Crippen LogP) is 2.84. The van der Waals surface area contributed by atoms with Crippen LogP contribution in [0.15, 0.2) is 59.5 Å². The van der Waals surface area contributed by atoms with Crippen LogP contribution in [0.3, 0.4) is 0 Å². The number of aliphatic hydroxyl groups is 1. The second-order valence-corrected chi connectivity index (χ2v) is 6.03. The van der Waals surface area contributed by atoms with Crippen molar-refractivity contribution in [2.24, 2.45) is 0 Å². The zero-order valence-electron chi connectivity index (χ0n) is 10.5. The molecule has 0 aliphatic rings. The largest absolute Gasteiger partial charge is 0.384 e. The molecule has 0 fully saturated rings. The summed E-state index contributed by atoms with van der Waals surface area (Å²) >= 11 is 0. The monoisotopic (exact) mass is 278 g/mol. The highest BCUT2D eigenvalue weighted by atomic mass is 32.2. The molecule has 0 saturated heterocycles. The highest BCUT2D eigenvalue weighted by Crippen LogP contribution is 2.23. The van der Waals surface area contributed by atoms with Crippen molar-refractivity contribution >= 4 is 10.8 Å². The molecule has 2 aromatic rings. The average Bonchev–Trinajstić information content (AvgIpc) is 2.40. The molecular weight excluding hydrogens is 263 g/mol. The van der Waals surface area contributed by atoms with Gasteiger partial charge in [0.2, 0.25) is 0 Å². The van der Waals surface area contributed by atoms with E-state index in [-0.39, 0.29) is 11.6 Å². The van der Waals surface area contributed by atoms with Crippen molar-refractivity contribution in [2.45, 2.75) is 17.4 Å². The van der Waals surface area contributed by atoms with E-state index in [0.717, 1.165) is 0 Å². The summed E-state index contributed by atoms with van der Waals surface area (Å²) in [5, 5.41) is 10.4. The quantitative estimate of drug-likeness (QED) is 0.933. The Kier molecular flexibility index (Phi) is 4.12. The highest BCUT2D eigenvalue weighted by Gasteiger charge is 2.26. The first kappa shape index (κ1) is 13.9. The van der Waals surface area contributed by atoms with E-state index in [1.165, 1.54) is 24.3 Å². The fourth-order valence-corrected chi connectivity index (χ4v) is 3.09. The van der Waals surface area contributed by atoms with Gasteiger partial charge in [0.15, 0.2) is 0 Å². The third-order valence-electron chi connectivity index (χ3n) is 2.88. The van der Waals surface area contributed by atoms with Crippen molar-refractivity contribution in [3.8, 4) is 0 Å². The van der Waals surface area contributed by atoms with Crippen LogP contribution in [-0.4, -0.2) is 15.1 Å². The fraction of sp³-hybridized carbons (Fsp3) is 0.200. The summed E-state index contributed by atoms with van der Waals surface area (Å²) in [5.74, 6) is -0.293. The van der Waals surface area contributed by atoms with Gasteiger partial charge in [-0.3, -0.25) is 4.21 Å². The number of hydrogen-bond acceptors (Lipinski definition) is 2. The van der Waals surface area contributed by atoms with Gasteiger partial charge in [-0.1, -0.05) is 30.3 Å². The van der Waals surface area contributed by atoms with Crippen molar-refractivity contribution < 1.29 is 13.7 Å². The summed E-state index contributed by atoms with van der Waals surface area (Å²) in [7, 11) is -1.38. The highest BCUT2D eigenvalue weighted by molar-refractivity contribution is 7.85. The molecule has 0 aliphatic carbocycles. The lowest BCUT2D eigenvalue weighted by molar-refractivity contribution is 0.0829. The average molecular weight is 278 g/mol. The molecule has 19 heavy (non-hydrogen) atoms. The molecule has 0 heterocycles. The number of rotatable bonds is 4. The van der Waals surface area contributed by atoms with Crippen molar-refractivity contribution in [1.82, 2.24) is 0 Å². The minimum Gasteiger partial charge on any atom is -0.384 e. The van der Waals surface area contributed by atoms with E-state index >= 15 is 0 Å². The van der Waals surface area contributed by atoms with E-state index in [4.69, 9.17) is 0 Å². The molecular formula is C15H15FO2S. The van der Waals surface area contributed by atoms with Gasteiger partial charge in [-0.05, 0) is 36.8 Å². The van der Waals surface area contributed by atoms with E-state index in [2.05, 4.69) is 0 Å². The molecule has 0 amide bonds. The number of hydrogen-bond donors (Lipinski definition) is 1. The van der Waals surface area contributed by atoms with Crippen molar-refractivity contribution in [3.05, 3.63) is 66.0 Å². The lowest BCUT2D eigenvalue weighted by Gasteiger charge is -2.23. The molecule has 0 aromatic heterocycles. The molecule has 2 aromatic carbocycles. The second kappa shape index (κ2) is 5.63. The molecule has 1 N–H and O–H groups in total.